The summed E-state index contributed by atoms with van der Waals surface area (Å²) in [5, 5.41) is 4.46. The molecule has 0 aromatic carbocycles. The first-order valence-corrected chi connectivity index (χ1v) is 6.86. The van der Waals surface area contributed by atoms with Crippen LogP contribution in [0.1, 0.15) is 43.4 Å². The minimum absolute atomic E-state index is 0.0406. The molecule has 5 nitrogen and oxygen atoms in total. The molecule has 2 rings (SSSR count). The summed E-state index contributed by atoms with van der Waals surface area (Å²) >= 11 is 0. The van der Waals surface area contributed by atoms with Crippen LogP contribution in [0.5, 0.6) is 0 Å². The molecule has 0 saturated carbocycles. The highest BCUT2D eigenvalue weighted by Gasteiger charge is 2.29. The molecule has 1 aliphatic rings. The number of aryl methyl sites for hydroxylation is 1. The number of likely N-dealkylation sites (tertiary alicyclic amines) is 1. The summed E-state index contributed by atoms with van der Waals surface area (Å²) in [6.45, 7) is 8.53. The Hall–Kier alpha value is -1.36. The Morgan fingerprint density at radius 1 is 1.53 bits per heavy atom. The highest BCUT2D eigenvalue weighted by atomic mass is 16.2. The second-order valence-electron chi connectivity index (χ2n) is 6.43. The van der Waals surface area contributed by atoms with Gasteiger partial charge in [0.25, 0.3) is 5.91 Å². The molecular weight excluding hydrogens is 240 g/mol. The molecule has 1 fully saturated rings. The van der Waals surface area contributed by atoms with Crippen LogP contribution in [0.15, 0.2) is 6.07 Å². The van der Waals surface area contributed by atoms with Crippen molar-refractivity contribution in [3.63, 3.8) is 0 Å². The van der Waals surface area contributed by atoms with Crippen LogP contribution in [0.4, 0.5) is 0 Å². The summed E-state index contributed by atoms with van der Waals surface area (Å²) in [6, 6.07) is 1.91. The van der Waals surface area contributed by atoms with Gasteiger partial charge >= 0.3 is 0 Å². The van der Waals surface area contributed by atoms with E-state index in [2.05, 4.69) is 25.9 Å². The van der Waals surface area contributed by atoms with Gasteiger partial charge in [-0.2, -0.15) is 5.10 Å². The molecular formula is C14H24N4O. The van der Waals surface area contributed by atoms with E-state index in [1.165, 1.54) is 0 Å². The number of nitrogens with two attached hydrogens (primary N) is 1. The first-order chi connectivity index (χ1) is 8.82. The molecule has 0 bridgehead atoms. The van der Waals surface area contributed by atoms with Crippen LogP contribution in [-0.4, -0.2) is 40.2 Å². The number of aromatic nitrogens is 2. The van der Waals surface area contributed by atoms with Gasteiger partial charge in [0.15, 0.2) is 0 Å². The van der Waals surface area contributed by atoms with E-state index in [1.54, 1.807) is 4.68 Å². The molecule has 1 aromatic rings. The fourth-order valence-corrected chi connectivity index (χ4v) is 2.41. The average molecular weight is 264 g/mol. The van der Waals surface area contributed by atoms with Crippen LogP contribution in [0.25, 0.3) is 0 Å². The van der Waals surface area contributed by atoms with Gasteiger partial charge in [-0.05, 0) is 24.9 Å². The van der Waals surface area contributed by atoms with E-state index in [-0.39, 0.29) is 11.3 Å². The smallest absolute Gasteiger partial charge is 0.272 e. The van der Waals surface area contributed by atoms with Gasteiger partial charge in [0.05, 0.1) is 5.69 Å². The van der Waals surface area contributed by atoms with E-state index in [0.717, 1.165) is 25.2 Å². The zero-order valence-corrected chi connectivity index (χ0v) is 12.3. The fourth-order valence-electron chi connectivity index (χ4n) is 2.41. The van der Waals surface area contributed by atoms with Gasteiger partial charge in [0.1, 0.15) is 5.69 Å². The van der Waals surface area contributed by atoms with Crippen molar-refractivity contribution in [1.82, 2.24) is 14.7 Å². The number of carbonyl (C=O) groups excluding carboxylic acids is 1. The second-order valence-corrected chi connectivity index (χ2v) is 6.43. The van der Waals surface area contributed by atoms with Crippen LogP contribution in [0, 0.1) is 5.92 Å². The lowest BCUT2D eigenvalue weighted by Crippen LogP contribution is -2.31. The number of hydrogen-bond donors (Lipinski definition) is 1. The lowest BCUT2D eigenvalue weighted by atomic mass is 9.92. The van der Waals surface area contributed by atoms with Crippen molar-refractivity contribution in [1.29, 1.82) is 0 Å². The van der Waals surface area contributed by atoms with Gasteiger partial charge in [0, 0.05) is 25.6 Å². The zero-order chi connectivity index (χ0) is 14.2. The van der Waals surface area contributed by atoms with E-state index in [0.29, 0.717) is 18.2 Å². The minimum atomic E-state index is -0.0406. The molecule has 1 atom stereocenters. The van der Waals surface area contributed by atoms with Crippen LogP contribution in [-0.2, 0) is 12.5 Å². The van der Waals surface area contributed by atoms with E-state index >= 15 is 0 Å². The van der Waals surface area contributed by atoms with Gasteiger partial charge in [-0.1, -0.05) is 20.8 Å². The number of nitrogens with zero attached hydrogens (tertiary/aromatic N) is 3. The predicted octanol–water partition coefficient (Wildman–Crippen LogP) is 1.14. The third kappa shape index (κ3) is 2.81. The largest absolute Gasteiger partial charge is 0.337 e. The van der Waals surface area contributed by atoms with E-state index in [1.807, 2.05) is 18.0 Å². The van der Waals surface area contributed by atoms with Gasteiger partial charge in [-0.15, -0.1) is 0 Å². The van der Waals surface area contributed by atoms with E-state index in [4.69, 9.17) is 5.73 Å². The predicted molar refractivity (Wildman–Crippen MR) is 75.0 cm³/mol. The van der Waals surface area contributed by atoms with Crippen LogP contribution in [0.3, 0.4) is 0 Å². The maximum atomic E-state index is 12.5. The van der Waals surface area contributed by atoms with Crippen molar-refractivity contribution >= 4 is 5.91 Å². The average Bonchev–Trinajstić information content (AvgIpc) is 2.93. The van der Waals surface area contributed by atoms with Gasteiger partial charge in [0.2, 0.25) is 0 Å². The van der Waals surface area contributed by atoms with Crippen molar-refractivity contribution < 1.29 is 4.79 Å². The van der Waals surface area contributed by atoms with Crippen molar-refractivity contribution in [3.05, 3.63) is 17.5 Å². The Kier molecular flexibility index (Phi) is 3.67. The maximum Gasteiger partial charge on any atom is 0.272 e. The van der Waals surface area contributed by atoms with E-state index < -0.39 is 0 Å². The van der Waals surface area contributed by atoms with Gasteiger partial charge in [-0.25, -0.2) is 0 Å². The first-order valence-electron chi connectivity index (χ1n) is 6.86. The maximum absolute atomic E-state index is 12.5. The first kappa shape index (κ1) is 14.1. The number of carbonyl (C=O) groups is 1. The Balaban J connectivity index is 2.18. The Morgan fingerprint density at radius 3 is 2.68 bits per heavy atom. The van der Waals surface area contributed by atoms with Crippen molar-refractivity contribution in [2.24, 2.45) is 18.7 Å². The number of hydrogen-bond acceptors (Lipinski definition) is 3. The Bertz CT molecular complexity index is 472. The molecule has 0 radical (unpaired) electrons. The summed E-state index contributed by atoms with van der Waals surface area (Å²) in [6.07, 6.45) is 1.01. The summed E-state index contributed by atoms with van der Waals surface area (Å²) in [5.41, 5.74) is 7.25. The summed E-state index contributed by atoms with van der Waals surface area (Å²) in [7, 11) is 1.83. The van der Waals surface area contributed by atoms with Gasteiger partial charge in [-0.3, -0.25) is 9.48 Å². The molecule has 1 aliphatic heterocycles. The van der Waals surface area contributed by atoms with E-state index in [9.17, 15) is 4.79 Å². The Morgan fingerprint density at radius 2 is 2.21 bits per heavy atom. The second kappa shape index (κ2) is 4.96. The molecule has 1 unspecified atom stereocenters. The van der Waals surface area contributed by atoms with Crippen LogP contribution < -0.4 is 5.73 Å². The fraction of sp³-hybridized carbons (Fsp3) is 0.714. The normalized spacial score (nSPS) is 20.1. The molecule has 1 amide bonds. The minimum Gasteiger partial charge on any atom is -0.337 e. The molecule has 2 N–H and O–H groups in total. The Labute approximate surface area is 114 Å². The number of rotatable bonds is 2. The monoisotopic (exact) mass is 264 g/mol. The highest BCUT2D eigenvalue weighted by Crippen LogP contribution is 2.23. The number of amides is 1. The summed E-state index contributed by atoms with van der Waals surface area (Å²) < 4.78 is 1.69. The van der Waals surface area contributed by atoms with Crippen molar-refractivity contribution in [3.8, 4) is 0 Å². The summed E-state index contributed by atoms with van der Waals surface area (Å²) in [4.78, 5) is 14.4. The molecule has 1 saturated heterocycles. The topological polar surface area (TPSA) is 64.2 Å². The zero-order valence-electron chi connectivity index (χ0n) is 12.3. The third-order valence-corrected chi connectivity index (χ3v) is 3.77. The van der Waals surface area contributed by atoms with Crippen molar-refractivity contribution in [2.75, 3.05) is 19.6 Å². The standard InChI is InChI=1S/C14H24N4O/c1-14(2,3)12-7-11(17(4)16-12)13(19)18-6-5-10(8-15)9-18/h7,10H,5-6,8-9,15H2,1-4H3. The van der Waals surface area contributed by atoms with Gasteiger partial charge < -0.3 is 10.6 Å². The lowest BCUT2D eigenvalue weighted by molar-refractivity contribution is 0.0777. The third-order valence-electron chi connectivity index (χ3n) is 3.77. The molecule has 106 valence electrons. The molecule has 5 heteroatoms. The molecule has 19 heavy (non-hydrogen) atoms. The quantitative estimate of drug-likeness (QED) is 0.871. The molecule has 0 spiro atoms. The molecule has 0 aliphatic carbocycles. The van der Waals surface area contributed by atoms with Crippen LogP contribution in [0.2, 0.25) is 0 Å². The molecule has 2 heterocycles. The van der Waals surface area contributed by atoms with Crippen molar-refractivity contribution in [2.45, 2.75) is 32.6 Å². The molecule has 1 aromatic heterocycles. The SMILES string of the molecule is Cn1nc(C(C)(C)C)cc1C(=O)N1CCC(CN)C1. The summed E-state index contributed by atoms with van der Waals surface area (Å²) in [5.74, 6) is 0.515. The van der Waals surface area contributed by atoms with Crippen LogP contribution >= 0.6 is 0 Å². The highest BCUT2D eigenvalue weighted by molar-refractivity contribution is 5.93. The lowest BCUT2D eigenvalue weighted by Gasteiger charge is -2.16.